The Morgan fingerprint density at radius 2 is 2.12 bits per heavy atom. The summed E-state index contributed by atoms with van der Waals surface area (Å²) in [5.41, 5.74) is 4.49. The molecule has 2 aliphatic heterocycles. The number of hydrogen-bond donors (Lipinski definition) is 1. The predicted octanol–water partition coefficient (Wildman–Crippen LogP) is 0.888. The molecule has 3 rings (SSSR count). The van der Waals surface area contributed by atoms with Crippen molar-refractivity contribution in [3.63, 3.8) is 0 Å². The Labute approximate surface area is 49.0 Å². The Kier molecular flexibility index (Phi) is 0.802. The van der Waals surface area contributed by atoms with Gasteiger partial charge in [0.1, 0.15) is 0 Å². The quantitative estimate of drug-likeness (QED) is 0.492. The lowest BCUT2D eigenvalue weighted by Crippen LogP contribution is -2.36. The maximum Gasteiger partial charge on any atom is 0.0447 e. The van der Waals surface area contributed by atoms with Crippen LogP contribution in [0.25, 0.3) is 0 Å². The minimum Gasteiger partial charge on any atom is -0.307 e. The predicted molar refractivity (Wildman–Crippen MR) is 32.8 cm³/mol. The fourth-order valence-electron chi connectivity index (χ4n) is 1.37. The number of rotatable bonds is 0. The highest BCUT2D eigenvalue weighted by Crippen LogP contribution is 2.19. The normalized spacial score (nSPS) is 27.2. The van der Waals surface area contributed by atoms with E-state index in [4.69, 9.17) is 0 Å². The second-order valence-electron chi connectivity index (χ2n) is 2.58. The number of hydrazone groups is 1. The van der Waals surface area contributed by atoms with Gasteiger partial charge in [-0.15, -0.1) is 0 Å². The Hall–Kier alpha value is -0.530. The maximum absolute atomic E-state index is 4.16. The van der Waals surface area contributed by atoms with E-state index in [1.807, 2.05) is 0 Å². The number of nitrogens with one attached hydrogen (secondary N) is 1. The van der Waals surface area contributed by atoms with Crippen molar-refractivity contribution in [2.45, 2.75) is 31.7 Å². The van der Waals surface area contributed by atoms with Crippen molar-refractivity contribution in [2.24, 2.45) is 5.10 Å². The van der Waals surface area contributed by atoms with Crippen molar-refractivity contribution in [3.8, 4) is 0 Å². The Morgan fingerprint density at radius 3 is 2.25 bits per heavy atom. The van der Waals surface area contributed by atoms with Gasteiger partial charge in [0.05, 0.1) is 0 Å². The van der Waals surface area contributed by atoms with E-state index >= 15 is 0 Å². The minimum absolute atomic E-state index is 0.715. The highest BCUT2D eigenvalue weighted by Gasteiger charge is 2.20. The van der Waals surface area contributed by atoms with Gasteiger partial charge in [-0.2, -0.15) is 5.10 Å². The zero-order valence-corrected chi connectivity index (χ0v) is 4.85. The molecule has 0 aromatic heterocycles. The number of nitrogens with zero attached hydrogens (tertiary/aromatic N) is 1. The third kappa shape index (κ3) is 0.522. The van der Waals surface area contributed by atoms with Crippen LogP contribution in [0, 0.1) is 0 Å². The smallest absolute Gasteiger partial charge is 0.0447 e. The highest BCUT2D eigenvalue weighted by molar-refractivity contribution is 5.85. The average molecular weight is 110 g/mol. The molecule has 0 saturated heterocycles. The van der Waals surface area contributed by atoms with Gasteiger partial charge < -0.3 is 5.43 Å². The van der Waals surface area contributed by atoms with Crippen molar-refractivity contribution in [3.05, 3.63) is 0 Å². The summed E-state index contributed by atoms with van der Waals surface area (Å²) < 4.78 is 0. The van der Waals surface area contributed by atoms with E-state index in [1.165, 1.54) is 31.4 Å². The molecule has 1 N–H and O–H groups in total. The van der Waals surface area contributed by atoms with Crippen LogP contribution in [0.2, 0.25) is 0 Å². The number of hydrogen-bond acceptors (Lipinski definition) is 2. The molecular formula is C6H10N2. The standard InChI is InChI=1S/C6H10N2/c1-2-6-4-3-5(1)7-8-6/h5,7H,1-4H2. The fraction of sp³-hybridized carbons (Fsp3) is 0.833. The van der Waals surface area contributed by atoms with Crippen molar-refractivity contribution in [1.29, 1.82) is 0 Å². The van der Waals surface area contributed by atoms with Crippen molar-refractivity contribution in [2.75, 3.05) is 0 Å². The summed E-state index contributed by atoms with van der Waals surface area (Å²) in [6.07, 6.45) is 5.13. The molecule has 0 spiro atoms. The van der Waals surface area contributed by atoms with Crippen LogP contribution in [0.3, 0.4) is 0 Å². The molecule has 8 heavy (non-hydrogen) atoms. The molecule has 2 bridgehead atoms. The highest BCUT2D eigenvalue weighted by atomic mass is 15.3. The summed E-state index contributed by atoms with van der Waals surface area (Å²) >= 11 is 0. The fourth-order valence-corrected chi connectivity index (χ4v) is 1.37. The monoisotopic (exact) mass is 110 g/mol. The first-order valence-electron chi connectivity index (χ1n) is 3.26. The Morgan fingerprint density at radius 1 is 1.38 bits per heavy atom. The second kappa shape index (κ2) is 1.47. The van der Waals surface area contributed by atoms with Crippen LogP contribution < -0.4 is 5.43 Å². The van der Waals surface area contributed by atoms with Gasteiger partial charge in [-0.25, -0.2) is 0 Å². The summed E-state index contributed by atoms with van der Waals surface area (Å²) in [6, 6.07) is 0.715. The van der Waals surface area contributed by atoms with Gasteiger partial charge in [0, 0.05) is 11.8 Å². The molecule has 2 heterocycles. The van der Waals surface area contributed by atoms with Crippen molar-refractivity contribution in [1.82, 2.24) is 5.43 Å². The first kappa shape index (κ1) is 4.36. The van der Waals surface area contributed by atoms with Gasteiger partial charge in [0.2, 0.25) is 0 Å². The van der Waals surface area contributed by atoms with E-state index < -0.39 is 0 Å². The third-order valence-corrected chi connectivity index (χ3v) is 1.97. The van der Waals surface area contributed by atoms with Gasteiger partial charge in [0.25, 0.3) is 0 Å². The molecule has 0 aromatic carbocycles. The van der Waals surface area contributed by atoms with Crippen molar-refractivity contribution >= 4 is 5.71 Å². The first-order chi connectivity index (χ1) is 3.95. The molecule has 0 radical (unpaired) electrons. The maximum atomic E-state index is 4.16. The van der Waals surface area contributed by atoms with E-state index in [0.717, 1.165) is 0 Å². The van der Waals surface area contributed by atoms with Crippen LogP contribution in [-0.4, -0.2) is 11.8 Å². The lowest BCUT2D eigenvalue weighted by molar-refractivity contribution is 0.423. The first-order valence-corrected chi connectivity index (χ1v) is 3.26. The lowest BCUT2D eigenvalue weighted by Gasteiger charge is -2.28. The summed E-state index contributed by atoms with van der Waals surface area (Å²) in [6.45, 7) is 0. The van der Waals surface area contributed by atoms with Crippen LogP contribution in [0.5, 0.6) is 0 Å². The van der Waals surface area contributed by atoms with Gasteiger partial charge in [-0.3, -0.25) is 0 Å². The van der Waals surface area contributed by atoms with Crippen LogP contribution in [0.15, 0.2) is 5.10 Å². The Balaban J connectivity index is 2.22. The Bertz CT molecular complexity index is 118. The molecule has 0 aromatic rings. The SMILES string of the molecule is C1CC2CCC1=NN2. The lowest BCUT2D eigenvalue weighted by atomic mass is 9.93. The molecule has 0 unspecified atom stereocenters. The summed E-state index contributed by atoms with van der Waals surface area (Å²) in [5.74, 6) is 0. The molecule has 1 aliphatic carbocycles. The molecule has 1 saturated carbocycles. The molecule has 0 atom stereocenters. The topological polar surface area (TPSA) is 24.4 Å². The zero-order chi connectivity index (χ0) is 5.40. The van der Waals surface area contributed by atoms with Gasteiger partial charge in [-0.1, -0.05) is 0 Å². The summed E-state index contributed by atoms with van der Waals surface area (Å²) in [4.78, 5) is 0. The van der Waals surface area contributed by atoms with Gasteiger partial charge in [0.15, 0.2) is 0 Å². The van der Waals surface area contributed by atoms with Crippen LogP contribution in [0.4, 0.5) is 0 Å². The minimum atomic E-state index is 0.715. The van der Waals surface area contributed by atoms with E-state index in [9.17, 15) is 0 Å². The molecule has 0 amide bonds. The molecule has 2 heteroatoms. The van der Waals surface area contributed by atoms with Crippen LogP contribution in [-0.2, 0) is 0 Å². The molecular weight excluding hydrogens is 100 g/mol. The van der Waals surface area contributed by atoms with Crippen molar-refractivity contribution < 1.29 is 0 Å². The average Bonchev–Trinajstić information content (AvgIpc) is 1.92. The van der Waals surface area contributed by atoms with Gasteiger partial charge >= 0.3 is 0 Å². The zero-order valence-electron chi connectivity index (χ0n) is 4.85. The largest absolute Gasteiger partial charge is 0.307 e. The molecule has 1 fully saturated rings. The molecule has 44 valence electrons. The third-order valence-electron chi connectivity index (χ3n) is 1.97. The van der Waals surface area contributed by atoms with E-state index in [-0.39, 0.29) is 0 Å². The second-order valence-corrected chi connectivity index (χ2v) is 2.58. The van der Waals surface area contributed by atoms with Crippen LogP contribution in [0.1, 0.15) is 25.7 Å². The molecule has 3 aliphatic rings. The van der Waals surface area contributed by atoms with E-state index in [1.54, 1.807) is 0 Å². The number of fused-ring (bicyclic) bond motifs is 3. The van der Waals surface area contributed by atoms with E-state index in [0.29, 0.717) is 6.04 Å². The summed E-state index contributed by atoms with van der Waals surface area (Å²) in [7, 11) is 0. The van der Waals surface area contributed by atoms with E-state index in [2.05, 4.69) is 10.5 Å². The molecule has 2 nitrogen and oxygen atoms in total. The van der Waals surface area contributed by atoms with Gasteiger partial charge in [-0.05, 0) is 25.7 Å². The summed E-state index contributed by atoms with van der Waals surface area (Å²) in [5, 5.41) is 4.16. The van der Waals surface area contributed by atoms with Crippen LogP contribution >= 0.6 is 0 Å².